The van der Waals surface area contributed by atoms with Crippen LogP contribution in [0.2, 0.25) is 0 Å². The highest BCUT2D eigenvalue weighted by Crippen LogP contribution is 2.07. The number of carbonyl (C=O) groups excluding carboxylic acids is 1. The Morgan fingerprint density at radius 2 is 1.75 bits per heavy atom. The largest absolute Gasteiger partial charge is 0.367 e. The van der Waals surface area contributed by atoms with Gasteiger partial charge in [0.2, 0.25) is 0 Å². The summed E-state index contributed by atoms with van der Waals surface area (Å²) in [5.41, 5.74) is 5.56. The topological polar surface area (TPSA) is 50.4 Å². The molecule has 0 aliphatic carbocycles. The highest BCUT2D eigenvalue weighted by Gasteiger charge is 2.10. The van der Waals surface area contributed by atoms with Crippen LogP contribution in [0.5, 0.6) is 0 Å². The quantitative estimate of drug-likeness (QED) is 0.719. The number of aryl methyl sites for hydroxylation is 1. The SMILES string of the molecule is Cc1ccccc1C(=O)ONCC(C)NCCc1ccccc1.Cl. The van der Waals surface area contributed by atoms with Crippen LogP contribution in [0.15, 0.2) is 54.6 Å². The predicted octanol–water partition coefficient (Wildman–Crippen LogP) is 3.30. The highest BCUT2D eigenvalue weighted by atomic mass is 35.5. The van der Waals surface area contributed by atoms with E-state index in [9.17, 15) is 4.79 Å². The van der Waals surface area contributed by atoms with E-state index in [1.54, 1.807) is 6.07 Å². The van der Waals surface area contributed by atoms with Gasteiger partial charge in [-0.2, -0.15) is 5.48 Å². The van der Waals surface area contributed by atoms with Crippen LogP contribution >= 0.6 is 12.4 Å². The Hall–Kier alpha value is -1.88. The van der Waals surface area contributed by atoms with Crippen molar-refractivity contribution in [2.45, 2.75) is 26.3 Å². The van der Waals surface area contributed by atoms with Crippen LogP contribution in [-0.2, 0) is 11.3 Å². The van der Waals surface area contributed by atoms with Gasteiger partial charge in [-0.05, 0) is 44.0 Å². The summed E-state index contributed by atoms with van der Waals surface area (Å²) in [7, 11) is 0. The molecule has 4 nitrogen and oxygen atoms in total. The molecule has 0 aliphatic heterocycles. The van der Waals surface area contributed by atoms with E-state index in [0.29, 0.717) is 12.1 Å². The lowest BCUT2D eigenvalue weighted by Crippen LogP contribution is -2.38. The van der Waals surface area contributed by atoms with Gasteiger partial charge in [0.1, 0.15) is 0 Å². The second-order valence-electron chi connectivity index (χ2n) is 5.64. The molecule has 130 valence electrons. The maximum atomic E-state index is 11.9. The Balaban J connectivity index is 0.00000288. The molecular weight excluding hydrogens is 324 g/mol. The van der Waals surface area contributed by atoms with E-state index in [1.165, 1.54) is 5.56 Å². The van der Waals surface area contributed by atoms with Crippen LogP contribution in [0.25, 0.3) is 0 Å². The first-order valence-electron chi connectivity index (χ1n) is 7.94. The molecule has 1 atom stereocenters. The van der Waals surface area contributed by atoms with Crippen molar-refractivity contribution in [3.05, 3.63) is 71.3 Å². The second-order valence-corrected chi connectivity index (χ2v) is 5.64. The minimum absolute atomic E-state index is 0. The van der Waals surface area contributed by atoms with Crippen molar-refractivity contribution in [3.63, 3.8) is 0 Å². The van der Waals surface area contributed by atoms with E-state index in [1.807, 2.05) is 43.3 Å². The van der Waals surface area contributed by atoms with Gasteiger partial charge >= 0.3 is 5.97 Å². The maximum absolute atomic E-state index is 11.9. The number of nitrogens with one attached hydrogen (secondary N) is 2. The molecule has 0 fully saturated rings. The van der Waals surface area contributed by atoms with Gasteiger partial charge in [0.05, 0.1) is 5.56 Å². The van der Waals surface area contributed by atoms with Gasteiger partial charge in [0.15, 0.2) is 0 Å². The van der Waals surface area contributed by atoms with Crippen molar-refractivity contribution in [3.8, 4) is 0 Å². The Labute approximate surface area is 150 Å². The van der Waals surface area contributed by atoms with Gasteiger partial charge in [-0.1, -0.05) is 48.5 Å². The van der Waals surface area contributed by atoms with Gasteiger partial charge in [-0.3, -0.25) is 0 Å². The Morgan fingerprint density at radius 3 is 2.46 bits per heavy atom. The van der Waals surface area contributed by atoms with Gasteiger partial charge < -0.3 is 10.2 Å². The number of rotatable bonds is 8. The Kier molecular flexibility index (Phi) is 9.08. The van der Waals surface area contributed by atoms with E-state index in [2.05, 4.69) is 29.9 Å². The average molecular weight is 349 g/mol. The van der Waals surface area contributed by atoms with Crippen molar-refractivity contribution in [2.75, 3.05) is 13.1 Å². The van der Waals surface area contributed by atoms with Crippen molar-refractivity contribution >= 4 is 18.4 Å². The van der Waals surface area contributed by atoms with Crippen LogP contribution < -0.4 is 10.8 Å². The van der Waals surface area contributed by atoms with Crippen LogP contribution in [0.4, 0.5) is 0 Å². The van der Waals surface area contributed by atoms with Crippen molar-refractivity contribution < 1.29 is 9.63 Å². The zero-order valence-electron chi connectivity index (χ0n) is 14.1. The Morgan fingerprint density at radius 1 is 1.08 bits per heavy atom. The molecule has 0 saturated carbocycles. The molecule has 1 unspecified atom stereocenters. The highest BCUT2D eigenvalue weighted by molar-refractivity contribution is 5.90. The summed E-state index contributed by atoms with van der Waals surface area (Å²) < 4.78 is 0. The summed E-state index contributed by atoms with van der Waals surface area (Å²) in [4.78, 5) is 17.1. The first-order chi connectivity index (χ1) is 11.2. The third-order valence-corrected chi connectivity index (χ3v) is 3.67. The fourth-order valence-electron chi connectivity index (χ4n) is 2.27. The molecule has 0 amide bonds. The number of hydrogen-bond donors (Lipinski definition) is 2. The maximum Gasteiger partial charge on any atom is 0.357 e. The van der Waals surface area contributed by atoms with Gasteiger partial charge in [0, 0.05) is 12.6 Å². The fourth-order valence-corrected chi connectivity index (χ4v) is 2.27. The zero-order valence-corrected chi connectivity index (χ0v) is 14.9. The summed E-state index contributed by atoms with van der Waals surface area (Å²) in [5, 5.41) is 3.40. The molecule has 0 spiro atoms. The summed E-state index contributed by atoms with van der Waals surface area (Å²) in [5.74, 6) is -0.348. The average Bonchev–Trinajstić information content (AvgIpc) is 2.56. The third kappa shape index (κ3) is 6.71. The Bertz CT molecular complexity index is 620. The number of benzene rings is 2. The molecule has 0 aromatic heterocycles. The lowest BCUT2D eigenvalue weighted by Gasteiger charge is -2.14. The molecule has 0 radical (unpaired) electrons. The lowest BCUT2D eigenvalue weighted by atomic mass is 10.1. The standard InChI is InChI=1S/C19H24N2O2.ClH/c1-15-8-6-7-11-18(15)19(22)23-21-14-16(2)20-13-12-17-9-4-3-5-10-17;/h3-11,16,20-21H,12-14H2,1-2H3;1H. The lowest BCUT2D eigenvalue weighted by molar-refractivity contribution is 0.0238. The van der Waals surface area contributed by atoms with E-state index >= 15 is 0 Å². The van der Waals surface area contributed by atoms with Crippen molar-refractivity contribution in [1.82, 2.24) is 10.8 Å². The number of carbonyl (C=O) groups is 1. The molecule has 0 heterocycles. The van der Waals surface area contributed by atoms with Gasteiger partial charge in [0.25, 0.3) is 0 Å². The van der Waals surface area contributed by atoms with Crippen LogP contribution in [0.1, 0.15) is 28.4 Å². The molecule has 5 heteroatoms. The van der Waals surface area contributed by atoms with Gasteiger partial charge in [-0.15, -0.1) is 12.4 Å². The number of hydrogen-bond acceptors (Lipinski definition) is 4. The third-order valence-electron chi connectivity index (χ3n) is 3.67. The van der Waals surface area contributed by atoms with Crippen molar-refractivity contribution in [1.29, 1.82) is 0 Å². The molecular formula is C19H25ClN2O2. The second kappa shape index (κ2) is 10.8. The van der Waals surface area contributed by atoms with Crippen LogP contribution in [0.3, 0.4) is 0 Å². The fraction of sp³-hybridized carbons (Fsp3) is 0.316. The molecule has 0 bridgehead atoms. The molecule has 2 aromatic rings. The van der Waals surface area contributed by atoms with Crippen LogP contribution in [-0.4, -0.2) is 25.1 Å². The summed E-state index contributed by atoms with van der Waals surface area (Å²) >= 11 is 0. The van der Waals surface area contributed by atoms with E-state index < -0.39 is 0 Å². The predicted molar refractivity (Wildman–Crippen MR) is 99.5 cm³/mol. The van der Waals surface area contributed by atoms with Gasteiger partial charge in [-0.25, -0.2) is 4.79 Å². The smallest absolute Gasteiger partial charge is 0.357 e. The van der Waals surface area contributed by atoms with E-state index in [4.69, 9.17) is 4.84 Å². The molecule has 0 aliphatic rings. The number of hydroxylamine groups is 1. The normalized spacial score (nSPS) is 11.4. The monoisotopic (exact) mass is 348 g/mol. The molecule has 24 heavy (non-hydrogen) atoms. The first kappa shape index (κ1) is 20.2. The molecule has 2 N–H and O–H groups in total. The molecule has 2 aromatic carbocycles. The van der Waals surface area contributed by atoms with E-state index in [-0.39, 0.29) is 24.4 Å². The summed E-state index contributed by atoms with van der Waals surface area (Å²) in [6, 6.07) is 18.0. The van der Waals surface area contributed by atoms with Crippen molar-refractivity contribution in [2.24, 2.45) is 0 Å². The van der Waals surface area contributed by atoms with Crippen LogP contribution in [0, 0.1) is 6.92 Å². The minimum Gasteiger partial charge on any atom is -0.367 e. The summed E-state index contributed by atoms with van der Waals surface area (Å²) in [6.45, 7) is 5.40. The first-order valence-corrected chi connectivity index (χ1v) is 7.94. The number of halogens is 1. The summed E-state index contributed by atoms with van der Waals surface area (Å²) in [6.07, 6.45) is 0.980. The molecule has 0 saturated heterocycles. The minimum atomic E-state index is -0.348. The zero-order chi connectivity index (χ0) is 16.5. The molecule has 2 rings (SSSR count). The van der Waals surface area contributed by atoms with E-state index in [0.717, 1.165) is 18.5 Å².